The molecule has 144 valence electrons. The number of carbonyl (C=O) groups excluding carboxylic acids is 2. The van der Waals surface area contributed by atoms with E-state index in [9.17, 15) is 9.59 Å². The van der Waals surface area contributed by atoms with Gasteiger partial charge >= 0.3 is 0 Å². The molecular formula is C21H27N3O2S. The number of hydrogen-bond acceptors (Lipinski definition) is 4. The van der Waals surface area contributed by atoms with Gasteiger partial charge in [-0.25, -0.2) is 0 Å². The first kappa shape index (κ1) is 19.7. The molecule has 1 heterocycles. The van der Waals surface area contributed by atoms with Gasteiger partial charge in [0.25, 0.3) is 0 Å². The quantitative estimate of drug-likeness (QED) is 0.553. The number of aryl methyl sites for hydroxylation is 1. The number of nitrogens with zero attached hydrogens (tertiary/aromatic N) is 2. The highest BCUT2D eigenvalue weighted by Gasteiger charge is 2.28. The molecule has 5 nitrogen and oxygen atoms in total. The molecule has 27 heavy (non-hydrogen) atoms. The number of Topliss-reactive ketones (excluding diaryl/α,β-unsaturated/α-hetero) is 1. The number of nitrogens with one attached hydrogen (secondary N) is 1. The maximum atomic E-state index is 12.7. The zero-order valence-electron chi connectivity index (χ0n) is 16.4. The molecule has 3 rings (SSSR count). The smallest absolute Gasteiger partial charge is 0.238 e. The Bertz CT molecular complexity index is 855. The normalized spacial score (nSPS) is 13.8. The minimum absolute atomic E-state index is 0.0646. The number of thioether (sulfide) groups is 1. The number of amides is 1. The molecule has 0 spiro atoms. The summed E-state index contributed by atoms with van der Waals surface area (Å²) in [5.74, 6) is -0.0509. The highest BCUT2D eigenvalue weighted by molar-refractivity contribution is 7.98. The second-order valence-electron chi connectivity index (χ2n) is 7.23. The van der Waals surface area contributed by atoms with Crippen molar-refractivity contribution in [2.75, 3.05) is 31.7 Å². The van der Waals surface area contributed by atoms with Crippen LogP contribution in [0.15, 0.2) is 35.2 Å². The SMILES string of the molecule is CSc1ccccc1NC(=O)CN(C)CC(=O)c1cc(C)n(C2CC2)c1C. The predicted molar refractivity (Wildman–Crippen MR) is 111 cm³/mol. The van der Waals surface area contributed by atoms with Crippen LogP contribution in [0.4, 0.5) is 5.69 Å². The number of benzene rings is 1. The number of hydrogen-bond donors (Lipinski definition) is 1. The monoisotopic (exact) mass is 385 g/mol. The molecule has 0 unspecified atom stereocenters. The van der Waals surface area contributed by atoms with Gasteiger partial charge in [-0.15, -0.1) is 11.8 Å². The van der Waals surface area contributed by atoms with Crippen LogP contribution >= 0.6 is 11.8 Å². The fraction of sp³-hybridized carbons (Fsp3) is 0.429. The summed E-state index contributed by atoms with van der Waals surface area (Å²) in [5.41, 5.74) is 3.78. The van der Waals surface area contributed by atoms with Crippen LogP contribution in [0, 0.1) is 13.8 Å². The number of anilines is 1. The third-order valence-electron chi connectivity index (χ3n) is 4.90. The Morgan fingerprint density at radius 1 is 1.22 bits per heavy atom. The lowest BCUT2D eigenvalue weighted by atomic mass is 10.1. The lowest BCUT2D eigenvalue weighted by molar-refractivity contribution is -0.116. The molecule has 1 fully saturated rings. The van der Waals surface area contributed by atoms with Gasteiger partial charge in [0.05, 0.1) is 18.8 Å². The minimum Gasteiger partial charge on any atom is -0.345 e. The van der Waals surface area contributed by atoms with Crippen LogP contribution in [0.25, 0.3) is 0 Å². The van der Waals surface area contributed by atoms with Crippen molar-refractivity contribution in [2.45, 2.75) is 37.6 Å². The van der Waals surface area contributed by atoms with E-state index < -0.39 is 0 Å². The lowest BCUT2D eigenvalue weighted by Crippen LogP contribution is -2.34. The van der Waals surface area contributed by atoms with Crippen LogP contribution in [0.1, 0.15) is 40.6 Å². The average molecular weight is 386 g/mol. The molecule has 2 aromatic rings. The number of likely N-dealkylation sites (N-methyl/N-ethyl adjacent to an activating group) is 1. The Morgan fingerprint density at radius 3 is 2.59 bits per heavy atom. The summed E-state index contributed by atoms with van der Waals surface area (Å²) in [4.78, 5) is 27.9. The minimum atomic E-state index is -0.116. The molecule has 0 radical (unpaired) electrons. The average Bonchev–Trinajstić information content (AvgIpc) is 3.40. The first-order chi connectivity index (χ1) is 12.9. The van der Waals surface area contributed by atoms with Gasteiger partial charge in [-0.05, 0) is 58.2 Å². The Kier molecular flexibility index (Phi) is 6.07. The summed E-state index contributed by atoms with van der Waals surface area (Å²) in [7, 11) is 1.80. The van der Waals surface area contributed by atoms with E-state index >= 15 is 0 Å². The van der Waals surface area contributed by atoms with Crippen molar-refractivity contribution in [1.29, 1.82) is 0 Å². The summed E-state index contributed by atoms with van der Waals surface area (Å²) in [6.45, 7) is 4.48. The first-order valence-electron chi connectivity index (χ1n) is 9.23. The largest absolute Gasteiger partial charge is 0.345 e. The van der Waals surface area contributed by atoms with E-state index in [0.29, 0.717) is 6.04 Å². The van der Waals surface area contributed by atoms with Crippen LogP contribution in [-0.4, -0.2) is 47.6 Å². The van der Waals surface area contributed by atoms with Crippen LogP contribution in [0.5, 0.6) is 0 Å². The summed E-state index contributed by atoms with van der Waals surface area (Å²) >= 11 is 1.59. The van der Waals surface area contributed by atoms with Crippen LogP contribution in [0.2, 0.25) is 0 Å². The summed E-state index contributed by atoms with van der Waals surface area (Å²) < 4.78 is 2.28. The number of carbonyl (C=O) groups is 2. The summed E-state index contributed by atoms with van der Waals surface area (Å²) in [6.07, 6.45) is 4.37. The van der Waals surface area contributed by atoms with Gasteiger partial charge in [0.15, 0.2) is 5.78 Å². The topological polar surface area (TPSA) is 54.3 Å². The number of rotatable bonds is 8. The molecule has 1 amide bonds. The maximum Gasteiger partial charge on any atom is 0.238 e. The van der Waals surface area contributed by atoms with E-state index in [0.717, 1.165) is 27.5 Å². The van der Waals surface area contributed by atoms with Gasteiger partial charge in [0.2, 0.25) is 5.91 Å². The first-order valence-corrected chi connectivity index (χ1v) is 10.5. The van der Waals surface area contributed by atoms with Crippen molar-refractivity contribution in [3.05, 3.63) is 47.3 Å². The number of aromatic nitrogens is 1. The van der Waals surface area contributed by atoms with Crippen LogP contribution in [0.3, 0.4) is 0 Å². The highest BCUT2D eigenvalue weighted by Crippen LogP contribution is 2.38. The molecule has 1 N–H and O–H groups in total. The number of ketones is 1. The standard InChI is InChI=1S/C21H27N3O2S/c1-14-11-17(15(2)24(14)16-9-10-16)19(25)12-23(3)13-21(26)22-18-7-5-6-8-20(18)27-4/h5-8,11,16H,9-10,12-13H2,1-4H3,(H,22,26). The van der Waals surface area contributed by atoms with Crippen molar-refractivity contribution in [3.63, 3.8) is 0 Å². The van der Waals surface area contributed by atoms with E-state index in [1.54, 1.807) is 23.7 Å². The van der Waals surface area contributed by atoms with E-state index in [-0.39, 0.29) is 24.8 Å². The molecule has 1 aromatic heterocycles. The van der Waals surface area contributed by atoms with E-state index in [4.69, 9.17) is 0 Å². The Labute approximate surface area is 165 Å². The van der Waals surface area contributed by atoms with Crippen LogP contribution in [-0.2, 0) is 4.79 Å². The third-order valence-corrected chi connectivity index (χ3v) is 5.70. The van der Waals surface area contributed by atoms with Crippen molar-refractivity contribution in [3.8, 4) is 0 Å². The fourth-order valence-corrected chi connectivity index (χ4v) is 4.08. The molecule has 1 aliphatic carbocycles. The predicted octanol–water partition coefficient (Wildman–Crippen LogP) is 3.91. The molecule has 0 atom stereocenters. The molecule has 0 aliphatic heterocycles. The van der Waals surface area contributed by atoms with E-state index in [2.05, 4.69) is 16.8 Å². The number of para-hydroxylation sites is 1. The molecule has 1 aliphatic rings. The van der Waals surface area contributed by atoms with Gasteiger partial charge in [0, 0.05) is 27.9 Å². The second-order valence-corrected chi connectivity index (χ2v) is 8.08. The van der Waals surface area contributed by atoms with Crippen molar-refractivity contribution in [2.24, 2.45) is 0 Å². The summed E-state index contributed by atoms with van der Waals surface area (Å²) in [6, 6.07) is 10.3. The Morgan fingerprint density at radius 2 is 1.93 bits per heavy atom. The van der Waals surface area contributed by atoms with Gasteiger partial charge < -0.3 is 9.88 Å². The molecular weight excluding hydrogens is 358 g/mol. The highest BCUT2D eigenvalue weighted by atomic mass is 32.2. The zero-order chi connectivity index (χ0) is 19.6. The van der Waals surface area contributed by atoms with Gasteiger partial charge in [-0.2, -0.15) is 0 Å². The molecule has 1 aromatic carbocycles. The fourth-order valence-electron chi connectivity index (χ4n) is 3.52. The van der Waals surface area contributed by atoms with Crippen molar-refractivity contribution in [1.82, 2.24) is 9.47 Å². The maximum absolute atomic E-state index is 12.7. The van der Waals surface area contributed by atoms with Gasteiger partial charge in [0.1, 0.15) is 0 Å². The third kappa shape index (κ3) is 4.62. The van der Waals surface area contributed by atoms with Crippen LogP contribution < -0.4 is 5.32 Å². The zero-order valence-corrected chi connectivity index (χ0v) is 17.2. The van der Waals surface area contributed by atoms with Crippen molar-refractivity contribution < 1.29 is 9.59 Å². The molecule has 0 bridgehead atoms. The second kappa shape index (κ2) is 8.31. The lowest BCUT2D eigenvalue weighted by Gasteiger charge is -2.16. The molecule has 6 heteroatoms. The van der Waals surface area contributed by atoms with Gasteiger partial charge in [-0.3, -0.25) is 14.5 Å². The Hall–Kier alpha value is -2.05. The van der Waals surface area contributed by atoms with E-state index in [1.165, 1.54) is 12.8 Å². The molecule has 1 saturated carbocycles. The van der Waals surface area contributed by atoms with Crippen molar-refractivity contribution >= 4 is 29.1 Å². The van der Waals surface area contributed by atoms with Gasteiger partial charge in [-0.1, -0.05) is 12.1 Å². The van der Waals surface area contributed by atoms with E-state index in [1.807, 2.05) is 43.5 Å². The summed E-state index contributed by atoms with van der Waals surface area (Å²) in [5, 5.41) is 2.94. The molecule has 0 saturated heterocycles. The Balaban J connectivity index is 1.59.